The number of amides is 3. The summed E-state index contributed by atoms with van der Waals surface area (Å²) in [5, 5.41) is 16.9. The predicted molar refractivity (Wildman–Crippen MR) is 121 cm³/mol. The maximum Gasteiger partial charge on any atom is 0.313 e. The van der Waals surface area contributed by atoms with Crippen LogP contribution in [0.25, 0.3) is 6.08 Å². The molecular formula is C24H20N4O5. The first-order chi connectivity index (χ1) is 16.0. The number of hydrogen-bond donors (Lipinski definition) is 3. The molecule has 0 saturated heterocycles. The Labute approximate surface area is 189 Å². The van der Waals surface area contributed by atoms with E-state index in [2.05, 4.69) is 16.0 Å². The van der Waals surface area contributed by atoms with Gasteiger partial charge in [0.2, 0.25) is 0 Å². The summed E-state index contributed by atoms with van der Waals surface area (Å²) in [5.74, 6) is -1.02. The molecule has 1 aromatic heterocycles. The molecule has 0 aliphatic heterocycles. The van der Waals surface area contributed by atoms with Crippen molar-refractivity contribution in [2.75, 3.05) is 17.7 Å². The number of hydrogen-bond acceptors (Lipinski definition) is 6. The van der Waals surface area contributed by atoms with Crippen molar-refractivity contribution in [1.29, 1.82) is 5.26 Å². The lowest BCUT2D eigenvalue weighted by Crippen LogP contribution is -2.34. The Morgan fingerprint density at radius 3 is 2.24 bits per heavy atom. The third-order valence-corrected chi connectivity index (χ3v) is 4.34. The van der Waals surface area contributed by atoms with E-state index in [0.717, 1.165) is 0 Å². The number of nitriles is 1. The van der Waals surface area contributed by atoms with Crippen LogP contribution in [0.3, 0.4) is 0 Å². The van der Waals surface area contributed by atoms with Crippen LogP contribution in [-0.4, -0.2) is 24.8 Å². The molecule has 0 aliphatic rings. The van der Waals surface area contributed by atoms with Gasteiger partial charge in [-0.25, -0.2) is 0 Å². The van der Waals surface area contributed by atoms with Gasteiger partial charge >= 0.3 is 11.8 Å². The zero-order valence-corrected chi connectivity index (χ0v) is 17.6. The van der Waals surface area contributed by atoms with Crippen molar-refractivity contribution in [2.45, 2.75) is 6.54 Å². The first kappa shape index (κ1) is 22.8. The lowest BCUT2D eigenvalue weighted by Gasteiger charge is -2.05. The van der Waals surface area contributed by atoms with Crippen LogP contribution < -0.4 is 20.7 Å². The number of nitrogens with one attached hydrogen (secondary N) is 3. The molecule has 0 aliphatic carbocycles. The number of benzene rings is 2. The molecule has 0 unspecified atom stereocenters. The van der Waals surface area contributed by atoms with Crippen molar-refractivity contribution in [1.82, 2.24) is 5.32 Å². The van der Waals surface area contributed by atoms with Crippen LogP contribution in [0, 0.1) is 11.3 Å². The third-order valence-electron chi connectivity index (χ3n) is 4.34. The van der Waals surface area contributed by atoms with E-state index in [9.17, 15) is 19.6 Å². The van der Waals surface area contributed by atoms with Crippen molar-refractivity contribution >= 4 is 35.2 Å². The fraction of sp³-hybridized carbons (Fsp3) is 0.0833. The molecule has 3 N–H and O–H groups in total. The molecule has 0 atom stereocenters. The average molecular weight is 444 g/mol. The highest BCUT2D eigenvalue weighted by Crippen LogP contribution is 2.17. The SMILES string of the molecule is COc1ccc(NC(=O)/C(C#N)=C\c2ccc(CNC(=O)C(=O)Nc3ccccc3)o2)cc1. The number of nitrogens with zero attached hydrogens (tertiary/aromatic N) is 1. The van der Waals surface area contributed by atoms with Crippen molar-refractivity contribution in [3.05, 3.63) is 83.8 Å². The molecular weight excluding hydrogens is 424 g/mol. The van der Waals surface area contributed by atoms with E-state index in [0.29, 0.717) is 22.9 Å². The Morgan fingerprint density at radius 2 is 1.58 bits per heavy atom. The molecule has 3 amide bonds. The first-order valence-corrected chi connectivity index (χ1v) is 9.78. The Morgan fingerprint density at radius 1 is 0.909 bits per heavy atom. The minimum Gasteiger partial charge on any atom is -0.497 e. The topological polar surface area (TPSA) is 133 Å². The van der Waals surface area contributed by atoms with E-state index in [4.69, 9.17) is 9.15 Å². The summed E-state index contributed by atoms with van der Waals surface area (Å²) in [6.45, 7) is -0.0468. The molecule has 1 heterocycles. The van der Waals surface area contributed by atoms with Crippen LogP contribution in [0.4, 0.5) is 11.4 Å². The van der Waals surface area contributed by atoms with Crippen LogP contribution >= 0.6 is 0 Å². The van der Waals surface area contributed by atoms with Crippen molar-refractivity contribution in [3.63, 3.8) is 0 Å². The third kappa shape index (κ3) is 6.57. The minimum absolute atomic E-state index is 0.0468. The number of ether oxygens (including phenoxy) is 1. The van der Waals surface area contributed by atoms with Gasteiger partial charge in [0.15, 0.2) is 0 Å². The maximum atomic E-state index is 12.4. The molecule has 0 fully saturated rings. The van der Waals surface area contributed by atoms with E-state index >= 15 is 0 Å². The predicted octanol–water partition coefficient (Wildman–Crippen LogP) is 3.09. The molecule has 9 nitrogen and oxygen atoms in total. The highest BCUT2D eigenvalue weighted by molar-refractivity contribution is 6.39. The molecule has 0 radical (unpaired) electrons. The number of methoxy groups -OCH3 is 1. The Hall–Kier alpha value is -4.84. The van der Waals surface area contributed by atoms with E-state index in [1.165, 1.54) is 13.2 Å². The molecule has 33 heavy (non-hydrogen) atoms. The summed E-state index contributed by atoms with van der Waals surface area (Å²) in [4.78, 5) is 36.3. The van der Waals surface area contributed by atoms with Crippen LogP contribution in [0.15, 0.2) is 76.7 Å². The van der Waals surface area contributed by atoms with E-state index in [1.807, 2.05) is 6.07 Å². The molecule has 166 valence electrons. The van der Waals surface area contributed by atoms with Gasteiger partial charge in [-0.3, -0.25) is 14.4 Å². The molecule has 0 spiro atoms. The standard InChI is InChI=1S/C24H20N4O5/c1-32-19-9-7-18(8-10-19)27-22(29)16(14-25)13-20-11-12-21(33-20)15-26-23(30)24(31)28-17-5-3-2-4-6-17/h2-13H,15H2,1H3,(H,26,30)(H,27,29)(H,28,31)/b16-13-. The van der Waals surface area contributed by atoms with Gasteiger partial charge < -0.3 is 25.1 Å². The van der Waals surface area contributed by atoms with Crippen molar-refractivity contribution < 1.29 is 23.5 Å². The summed E-state index contributed by atoms with van der Waals surface area (Å²) < 4.78 is 10.6. The molecule has 2 aromatic carbocycles. The molecule has 3 rings (SSSR count). The lowest BCUT2D eigenvalue weighted by atomic mass is 10.2. The monoisotopic (exact) mass is 444 g/mol. The van der Waals surface area contributed by atoms with Crippen LogP contribution in [0.5, 0.6) is 5.75 Å². The number of rotatable bonds is 7. The second-order valence-electron chi connectivity index (χ2n) is 6.66. The maximum absolute atomic E-state index is 12.4. The largest absolute Gasteiger partial charge is 0.497 e. The van der Waals surface area contributed by atoms with E-state index in [-0.39, 0.29) is 17.9 Å². The smallest absolute Gasteiger partial charge is 0.313 e. The quantitative estimate of drug-likeness (QED) is 0.291. The molecule has 9 heteroatoms. The minimum atomic E-state index is -0.830. The van der Waals surface area contributed by atoms with Crippen molar-refractivity contribution in [2.24, 2.45) is 0 Å². The molecule has 0 saturated carbocycles. The Kier molecular flexibility index (Phi) is 7.59. The van der Waals surface area contributed by atoms with Gasteiger partial charge in [-0.15, -0.1) is 0 Å². The van der Waals surface area contributed by atoms with Gasteiger partial charge in [-0.05, 0) is 48.5 Å². The van der Waals surface area contributed by atoms with Gasteiger partial charge in [0, 0.05) is 17.5 Å². The lowest BCUT2D eigenvalue weighted by molar-refractivity contribution is -0.136. The molecule has 0 bridgehead atoms. The van der Waals surface area contributed by atoms with Crippen LogP contribution in [0.1, 0.15) is 11.5 Å². The van der Waals surface area contributed by atoms with Crippen LogP contribution in [-0.2, 0) is 20.9 Å². The second kappa shape index (κ2) is 11.0. The Bertz CT molecular complexity index is 1210. The highest BCUT2D eigenvalue weighted by atomic mass is 16.5. The number of furan rings is 1. The zero-order chi connectivity index (χ0) is 23.6. The fourth-order valence-corrected chi connectivity index (χ4v) is 2.69. The summed E-state index contributed by atoms with van der Waals surface area (Å²) in [6.07, 6.45) is 1.28. The highest BCUT2D eigenvalue weighted by Gasteiger charge is 2.15. The fourth-order valence-electron chi connectivity index (χ4n) is 2.69. The average Bonchev–Trinajstić information content (AvgIpc) is 3.29. The first-order valence-electron chi connectivity index (χ1n) is 9.78. The van der Waals surface area contributed by atoms with Gasteiger partial charge in [0.25, 0.3) is 5.91 Å². The van der Waals surface area contributed by atoms with Gasteiger partial charge in [0.1, 0.15) is 28.9 Å². The summed E-state index contributed by atoms with van der Waals surface area (Å²) >= 11 is 0. The van der Waals surface area contributed by atoms with E-state index < -0.39 is 17.7 Å². The van der Waals surface area contributed by atoms with Crippen LogP contribution in [0.2, 0.25) is 0 Å². The number of carbonyl (C=O) groups is 3. The van der Waals surface area contributed by atoms with Gasteiger partial charge in [-0.2, -0.15) is 5.26 Å². The summed E-state index contributed by atoms with van der Waals surface area (Å²) in [6, 6.07) is 20.2. The summed E-state index contributed by atoms with van der Waals surface area (Å²) in [7, 11) is 1.53. The van der Waals surface area contributed by atoms with E-state index in [1.54, 1.807) is 66.7 Å². The number of para-hydroxylation sites is 1. The summed E-state index contributed by atoms with van der Waals surface area (Å²) in [5.41, 5.74) is 0.830. The second-order valence-corrected chi connectivity index (χ2v) is 6.66. The zero-order valence-electron chi connectivity index (χ0n) is 17.6. The Balaban J connectivity index is 1.56. The number of carbonyl (C=O) groups excluding carboxylic acids is 3. The molecule has 3 aromatic rings. The van der Waals surface area contributed by atoms with Crippen molar-refractivity contribution in [3.8, 4) is 11.8 Å². The number of anilines is 2. The van der Waals surface area contributed by atoms with Gasteiger partial charge in [0.05, 0.1) is 13.7 Å². The van der Waals surface area contributed by atoms with Gasteiger partial charge in [-0.1, -0.05) is 18.2 Å². The normalized spacial score (nSPS) is 10.6.